The lowest BCUT2D eigenvalue weighted by Crippen LogP contribution is -2.37. The van der Waals surface area contributed by atoms with Gasteiger partial charge in [0.2, 0.25) is 0 Å². The number of rotatable bonds is 6. The standard InChI is InChI=1S/C16H26N2O2S/c1-19-14-8-11(16(21-3)9-15(14)20-2)10-18-13-6-4-12(17)5-7-13/h8-9,12-13,18H,4-7,10,17H2,1-3H3. The van der Waals surface area contributed by atoms with Crippen LogP contribution in [0.25, 0.3) is 0 Å². The van der Waals surface area contributed by atoms with E-state index in [-0.39, 0.29) is 0 Å². The van der Waals surface area contributed by atoms with Crippen LogP contribution >= 0.6 is 11.8 Å². The van der Waals surface area contributed by atoms with Crippen molar-refractivity contribution in [2.24, 2.45) is 5.73 Å². The molecule has 1 aliphatic rings. The third-order valence-corrected chi connectivity index (χ3v) is 4.96. The van der Waals surface area contributed by atoms with Crippen LogP contribution in [0.15, 0.2) is 17.0 Å². The third-order valence-electron chi connectivity index (χ3n) is 4.14. The van der Waals surface area contributed by atoms with Crippen LogP contribution in [0.5, 0.6) is 11.5 Å². The first kappa shape index (κ1) is 16.5. The Morgan fingerprint density at radius 2 is 1.76 bits per heavy atom. The van der Waals surface area contributed by atoms with Crippen LogP contribution in [-0.4, -0.2) is 32.6 Å². The van der Waals surface area contributed by atoms with Crippen LogP contribution in [0, 0.1) is 0 Å². The zero-order chi connectivity index (χ0) is 15.2. The van der Waals surface area contributed by atoms with Crippen molar-refractivity contribution >= 4 is 11.8 Å². The zero-order valence-corrected chi connectivity index (χ0v) is 14.0. The lowest BCUT2D eigenvalue weighted by atomic mass is 9.92. The highest BCUT2D eigenvalue weighted by molar-refractivity contribution is 7.98. The molecule has 0 saturated heterocycles. The second kappa shape index (κ2) is 7.92. The quantitative estimate of drug-likeness (QED) is 0.791. The fourth-order valence-corrected chi connectivity index (χ4v) is 3.43. The molecule has 0 aromatic heterocycles. The minimum absolute atomic E-state index is 0.394. The average molecular weight is 310 g/mol. The summed E-state index contributed by atoms with van der Waals surface area (Å²) in [6.45, 7) is 0.858. The molecule has 0 atom stereocenters. The van der Waals surface area contributed by atoms with Crippen molar-refractivity contribution < 1.29 is 9.47 Å². The van der Waals surface area contributed by atoms with E-state index >= 15 is 0 Å². The number of hydrogen-bond donors (Lipinski definition) is 2. The molecule has 21 heavy (non-hydrogen) atoms. The second-order valence-corrected chi connectivity index (χ2v) is 6.36. The molecule has 1 saturated carbocycles. The monoisotopic (exact) mass is 310 g/mol. The van der Waals surface area contributed by atoms with Gasteiger partial charge in [0.15, 0.2) is 11.5 Å². The summed E-state index contributed by atoms with van der Waals surface area (Å²) in [5.41, 5.74) is 7.22. The first-order valence-electron chi connectivity index (χ1n) is 7.45. The molecule has 5 heteroatoms. The Bertz CT molecular complexity index is 460. The average Bonchev–Trinajstić information content (AvgIpc) is 2.53. The van der Waals surface area contributed by atoms with Gasteiger partial charge in [-0.2, -0.15) is 0 Å². The van der Waals surface area contributed by atoms with E-state index in [2.05, 4.69) is 23.7 Å². The van der Waals surface area contributed by atoms with Gasteiger partial charge in [-0.1, -0.05) is 0 Å². The lowest BCUT2D eigenvalue weighted by molar-refractivity contribution is 0.339. The Balaban J connectivity index is 2.04. The van der Waals surface area contributed by atoms with E-state index in [1.165, 1.54) is 23.3 Å². The summed E-state index contributed by atoms with van der Waals surface area (Å²) < 4.78 is 10.8. The Kier molecular flexibility index (Phi) is 6.21. The molecule has 118 valence electrons. The van der Waals surface area contributed by atoms with Crippen molar-refractivity contribution in [1.82, 2.24) is 5.32 Å². The van der Waals surface area contributed by atoms with Gasteiger partial charge >= 0.3 is 0 Å². The topological polar surface area (TPSA) is 56.5 Å². The fourth-order valence-electron chi connectivity index (χ4n) is 2.81. The SMILES string of the molecule is COc1cc(CNC2CCC(N)CC2)c(SC)cc1OC. The predicted octanol–water partition coefficient (Wildman–Crippen LogP) is 2.79. The molecule has 3 N–H and O–H groups in total. The van der Waals surface area contributed by atoms with Gasteiger partial charge < -0.3 is 20.5 Å². The summed E-state index contributed by atoms with van der Waals surface area (Å²) in [5, 5.41) is 3.66. The van der Waals surface area contributed by atoms with E-state index in [4.69, 9.17) is 15.2 Å². The number of nitrogens with one attached hydrogen (secondary N) is 1. The minimum atomic E-state index is 0.394. The van der Waals surface area contributed by atoms with Crippen LogP contribution in [0.1, 0.15) is 31.2 Å². The van der Waals surface area contributed by atoms with E-state index in [1.54, 1.807) is 26.0 Å². The van der Waals surface area contributed by atoms with Crippen molar-refractivity contribution in [3.63, 3.8) is 0 Å². The van der Waals surface area contributed by atoms with Gasteiger partial charge in [0.25, 0.3) is 0 Å². The van der Waals surface area contributed by atoms with E-state index in [1.807, 2.05) is 0 Å². The zero-order valence-electron chi connectivity index (χ0n) is 13.1. The molecule has 0 radical (unpaired) electrons. The smallest absolute Gasteiger partial charge is 0.161 e. The highest BCUT2D eigenvalue weighted by Crippen LogP contribution is 2.34. The molecule has 1 aromatic rings. The Morgan fingerprint density at radius 3 is 2.33 bits per heavy atom. The van der Waals surface area contributed by atoms with Crippen molar-refractivity contribution in [3.8, 4) is 11.5 Å². The van der Waals surface area contributed by atoms with Crippen LogP contribution < -0.4 is 20.5 Å². The molecule has 0 amide bonds. The normalized spacial score (nSPS) is 22.1. The summed E-state index contributed by atoms with van der Waals surface area (Å²) in [5.74, 6) is 1.58. The largest absolute Gasteiger partial charge is 0.493 e. The highest BCUT2D eigenvalue weighted by Gasteiger charge is 2.18. The van der Waals surface area contributed by atoms with Gasteiger partial charge in [-0.25, -0.2) is 0 Å². The molecular weight excluding hydrogens is 284 g/mol. The van der Waals surface area contributed by atoms with E-state index in [9.17, 15) is 0 Å². The predicted molar refractivity (Wildman–Crippen MR) is 88.4 cm³/mol. The highest BCUT2D eigenvalue weighted by atomic mass is 32.2. The Hall–Kier alpha value is -0.910. The third kappa shape index (κ3) is 4.28. The van der Waals surface area contributed by atoms with Crippen molar-refractivity contribution in [2.45, 2.75) is 49.2 Å². The summed E-state index contributed by atoms with van der Waals surface area (Å²) in [6, 6.07) is 5.10. The number of ether oxygens (including phenoxy) is 2. The molecule has 1 fully saturated rings. The molecule has 0 bridgehead atoms. The van der Waals surface area contributed by atoms with Crippen LogP contribution in [-0.2, 0) is 6.54 Å². The summed E-state index contributed by atoms with van der Waals surface area (Å²) in [4.78, 5) is 1.23. The number of hydrogen-bond acceptors (Lipinski definition) is 5. The van der Waals surface area contributed by atoms with Gasteiger partial charge in [0.1, 0.15) is 0 Å². The van der Waals surface area contributed by atoms with Crippen molar-refractivity contribution in [1.29, 1.82) is 0 Å². The van der Waals surface area contributed by atoms with Crippen molar-refractivity contribution in [3.05, 3.63) is 17.7 Å². The van der Waals surface area contributed by atoms with Gasteiger partial charge in [-0.05, 0) is 49.6 Å². The maximum atomic E-state index is 5.96. The van der Waals surface area contributed by atoms with E-state index < -0.39 is 0 Å². The molecule has 4 nitrogen and oxygen atoms in total. The Labute approximate surface area is 131 Å². The minimum Gasteiger partial charge on any atom is -0.493 e. The number of thioether (sulfide) groups is 1. The van der Waals surface area contributed by atoms with Crippen LogP contribution in [0.3, 0.4) is 0 Å². The number of benzene rings is 1. The van der Waals surface area contributed by atoms with Gasteiger partial charge in [-0.3, -0.25) is 0 Å². The molecule has 0 spiro atoms. The fraction of sp³-hybridized carbons (Fsp3) is 0.625. The van der Waals surface area contributed by atoms with Crippen molar-refractivity contribution in [2.75, 3.05) is 20.5 Å². The maximum absolute atomic E-state index is 5.96. The molecule has 0 unspecified atom stereocenters. The molecular formula is C16H26N2O2S. The molecule has 2 rings (SSSR count). The van der Waals surface area contributed by atoms with E-state index in [0.717, 1.165) is 30.9 Å². The molecule has 1 aliphatic carbocycles. The number of nitrogens with two attached hydrogens (primary N) is 1. The van der Waals surface area contributed by atoms with Gasteiger partial charge in [-0.15, -0.1) is 11.8 Å². The maximum Gasteiger partial charge on any atom is 0.161 e. The molecule has 1 aromatic carbocycles. The van der Waals surface area contributed by atoms with Crippen LogP contribution in [0.4, 0.5) is 0 Å². The molecule has 0 heterocycles. The summed E-state index contributed by atoms with van der Waals surface area (Å²) in [6.07, 6.45) is 6.68. The molecule has 0 aliphatic heterocycles. The first-order valence-corrected chi connectivity index (χ1v) is 8.68. The number of methoxy groups -OCH3 is 2. The van der Waals surface area contributed by atoms with Crippen LogP contribution in [0.2, 0.25) is 0 Å². The summed E-state index contributed by atoms with van der Waals surface area (Å²) in [7, 11) is 3.35. The van der Waals surface area contributed by atoms with E-state index in [0.29, 0.717) is 12.1 Å². The summed E-state index contributed by atoms with van der Waals surface area (Å²) >= 11 is 1.74. The Morgan fingerprint density at radius 1 is 1.14 bits per heavy atom. The second-order valence-electron chi connectivity index (χ2n) is 5.51. The first-order chi connectivity index (χ1) is 10.2. The van der Waals surface area contributed by atoms with Gasteiger partial charge in [0.05, 0.1) is 14.2 Å². The van der Waals surface area contributed by atoms with Gasteiger partial charge in [0, 0.05) is 23.5 Å². The lowest BCUT2D eigenvalue weighted by Gasteiger charge is -2.27.